The lowest BCUT2D eigenvalue weighted by atomic mass is 9.96. The molecule has 0 radical (unpaired) electrons. The first-order chi connectivity index (χ1) is 34.0. The molecule has 0 bridgehead atoms. The Hall–Kier alpha value is -7.36. The van der Waals surface area contributed by atoms with Crippen LogP contribution in [0.2, 0.25) is 0 Å². The number of fused-ring (bicyclic) bond motifs is 7. The van der Waals surface area contributed by atoms with E-state index in [-0.39, 0.29) is 16.8 Å². The van der Waals surface area contributed by atoms with Crippen LogP contribution < -0.4 is 4.90 Å². The maximum absolute atomic E-state index is 9.84. The molecule has 2 aromatic heterocycles. The van der Waals surface area contributed by atoms with Crippen LogP contribution in [0.25, 0.3) is 82.5 Å². The van der Waals surface area contributed by atoms with Crippen LogP contribution in [0, 0.1) is 0 Å². The fourth-order valence-electron chi connectivity index (χ4n) is 7.54. The average molecular weight is 719 g/mol. The average Bonchev–Trinajstić information content (AvgIpc) is 3.93. The van der Waals surface area contributed by atoms with Gasteiger partial charge in [0.25, 0.3) is 0 Å². The summed E-state index contributed by atoms with van der Waals surface area (Å²) in [7, 11) is 0. The van der Waals surface area contributed by atoms with E-state index in [0.29, 0.717) is 22.2 Å². The predicted molar refractivity (Wildman–Crippen MR) is 231 cm³/mol. The predicted octanol–water partition coefficient (Wildman–Crippen LogP) is 14.6. The van der Waals surface area contributed by atoms with Crippen molar-refractivity contribution in [3.05, 3.63) is 206 Å². The summed E-state index contributed by atoms with van der Waals surface area (Å²) >= 11 is 0. The van der Waals surface area contributed by atoms with Gasteiger partial charge in [-0.05, 0) is 82.5 Å². The zero-order valence-electron chi connectivity index (χ0n) is 44.7. The summed E-state index contributed by atoms with van der Waals surface area (Å²) in [5.41, 5.74) is 1.58. The second kappa shape index (κ2) is 12.6. The summed E-state index contributed by atoms with van der Waals surface area (Å²) in [6.07, 6.45) is 0. The zero-order chi connectivity index (χ0) is 50.2. The first kappa shape index (κ1) is 19.1. The fourth-order valence-corrected chi connectivity index (χ4v) is 7.54. The quantitative estimate of drug-likeness (QED) is 0.171. The van der Waals surface area contributed by atoms with Gasteiger partial charge in [-0.3, -0.25) is 0 Å². The van der Waals surface area contributed by atoms with Crippen LogP contribution in [0.5, 0.6) is 0 Å². The molecule has 55 heavy (non-hydrogen) atoms. The molecule has 0 saturated carbocycles. The van der Waals surface area contributed by atoms with Crippen molar-refractivity contribution in [1.29, 1.82) is 0 Å². The molecule has 0 N–H and O–H groups in total. The minimum absolute atomic E-state index is 0.0182. The van der Waals surface area contributed by atoms with Crippen LogP contribution in [-0.4, -0.2) is 4.57 Å². The molecule has 0 amide bonds. The lowest BCUT2D eigenvalue weighted by Gasteiger charge is -2.29. The molecule has 0 spiro atoms. The molecular formula is C52H34N2O. The molecule has 0 atom stereocenters. The number of furan rings is 1. The molecule has 0 aliphatic carbocycles. The van der Waals surface area contributed by atoms with Crippen molar-refractivity contribution in [2.24, 2.45) is 0 Å². The minimum atomic E-state index is -0.852. The van der Waals surface area contributed by atoms with Crippen molar-refractivity contribution < 1.29 is 26.3 Å². The number of hydrogen-bond acceptors (Lipinski definition) is 2. The van der Waals surface area contributed by atoms with Gasteiger partial charge >= 0.3 is 0 Å². The van der Waals surface area contributed by atoms with E-state index in [4.69, 9.17) is 18.1 Å². The first-order valence-electron chi connectivity index (χ1n) is 25.5. The normalized spacial score (nSPS) is 15.7. The molecule has 9 aromatic carbocycles. The summed E-state index contributed by atoms with van der Waals surface area (Å²) < 4.78 is 154. The summed E-state index contributed by atoms with van der Waals surface area (Å²) in [6, 6.07) is 21.5. The lowest BCUT2D eigenvalue weighted by molar-refractivity contribution is 0.670. The van der Waals surface area contributed by atoms with Crippen LogP contribution in [0.3, 0.4) is 0 Å². The Balaban J connectivity index is 1.31. The van der Waals surface area contributed by atoms with Gasteiger partial charge in [0.15, 0.2) is 0 Å². The van der Waals surface area contributed by atoms with Gasteiger partial charge in [-0.2, -0.15) is 0 Å². The molecule has 3 nitrogen and oxygen atoms in total. The van der Waals surface area contributed by atoms with Crippen molar-refractivity contribution in [2.45, 2.75) is 0 Å². The number of anilines is 3. The fraction of sp³-hybridized carbons (Fsp3) is 0. The second-order valence-corrected chi connectivity index (χ2v) is 12.9. The standard InChI is InChI=1S/C52H34N2O/c1-2-17-37(18-3-1)53(38-31-29-36(30-32-38)40-24-14-16-35-15-4-5-19-39(35)40)49-34-33-44-43-22-9-13-28-50(43)55-52(44)51(49)45-23-8-12-27-48(45)54-46-25-10-6-20-41(46)42-21-7-11-26-47(42)54/h1-34H/i1D,2D,3D,4D,5D,14D,15D,16D,17D,18D,19D,24D,29D,30D,31D,32D. The van der Waals surface area contributed by atoms with E-state index in [1.807, 2.05) is 78.9 Å². The number of aromatic nitrogens is 1. The third-order valence-electron chi connectivity index (χ3n) is 9.87. The van der Waals surface area contributed by atoms with Gasteiger partial charge in [0.2, 0.25) is 0 Å². The molecule has 11 aromatic rings. The number of hydrogen-bond donors (Lipinski definition) is 0. The number of para-hydroxylation sites is 5. The SMILES string of the molecule is [2H]c1c([2H])c([2H])c(N(c2ccc3c(oc4ccccc43)c2-c2ccccc2-n2c3ccccc3c3ccccc32)c2c([2H])c([2H])c(-c3c([2H])c([2H])c([2H])c4c([2H])c([2H])c([2H])c([2H])c34)c([2H])c2[2H])c([2H])c1[2H]. The minimum Gasteiger partial charge on any atom is -0.455 e. The highest BCUT2D eigenvalue weighted by Crippen LogP contribution is 2.49. The van der Waals surface area contributed by atoms with Gasteiger partial charge in [-0.25, -0.2) is 0 Å². The van der Waals surface area contributed by atoms with Crippen LogP contribution in [0.15, 0.2) is 210 Å². The Morgan fingerprint density at radius 2 is 1.09 bits per heavy atom. The second-order valence-electron chi connectivity index (χ2n) is 12.9. The van der Waals surface area contributed by atoms with Crippen molar-refractivity contribution >= 4 is 71.6 Å². The van der Waals surface area contributed by atoms with Crippen molar-refractivity contribution in [3.63, 3.8) is 0 Å². The first-order valence-corrected chi connectivity index (χ1v) is 17.5. The number of benzene rings is 9. The number of rotatable bonds is 6. The van der Waals surface area contributed by atoms with Gasteiger partial charge in [0, 0.05) is 38.5 Å². The van der Waals surface area contributed by atoms with E-state index < -0.39 is 130 Å². The third kappa shape index (κ3) is 4.98. The summed E-state index contributed by atoms with van der Waals surface area (Å²) in [5, 5.41) is 2.33. The maximum atomic E-state index is 9.84. The van der Waals surface area contributed by atoms with E-state index in [2.05, 4.69) is 4.57 Å². The molecule has 0 saturated heterocycles. The molecule has 2 heterocycles. The van der Waals surface area contributed by atoms with Crippen LogP contribution in [-0.2, 0) is 0 Å². The third-order valence-corrected chi connectivity index (χ3v) is 9.87. The summed E-state index contributed by atoms with van der Waals surface area (Å²) in [5.74, 6) is 0. The Kier molecular flexibility index (Phi) is 4.39. The van der Waals surface area contributed by atoms with E-state index in [1.54, 1.807) is 30.3 Å². The Bertz CT molecular complexity index is 4040. The van der Waals surface area contributed by atoms with Crippen LogP contribution in [0.4, 0.5) is 17.1 Å². The van der Waals surface area contributed by atoms with Crippen molar-refractivity contribution in [3.8, 4) is 27.9 Å². The van der Waals surface area contributed by atoms with Gasteiger partial charge in [0.05, 0.1) is 49.9 Å². The lowest BCUT2D eigenvalue weighted by Crippen LogP contribution is -2.11. The topological polar surface area (TPSA) is 21.3 Å². The largest absolute Gasteiger partial charge is 0.455 e. The van der Waals surface area contributed by atoms with Crippen LogP contribution in [0.1, 0.15) is 21.9 Å². The van der Waals surface area contributed by atoms with E-state index in [9.17, 15) is 8.22 Å². The van der Waals surface area contributed by atoms with Gasteiger partial charge in [-0.15, -0.1) is 0 Å². The molecule has 258 valence electrons. The zero-order valence-corrected chi connectivity index (χ0v) is 28.7. The Morgan fingerprint density at radius 1 is 0.455 bits per heavy atom. The van der Waals surface area contributed by atoms with E-state index in [1.165, 1.54) is 0 Å². The number of nitrogens with zero attached hydrogens (tertiary/aromatic N) is 2. The van der Waals surface area contributed by atoms with Gasteiger partial charge < -0.3 is 13.9 Å². The monoisotopic (exact) mass is 718 g/mol. The summed E-state index contributed by atoms with van der Waals surface area (Å²) in [6.45, 7) is 0. The van der Waals surface area contributed by atoms with Gasteiger partial charge in [0.1, 0.15) is 11.2 Å². The molecular weight excluding hydrogens is 669 g/mol. The van der Waals surface area contributed by atoms with Gasteiger partial charge in [-0.1, -0.05) is 145 Å². The smallest absolute Gasteiger partial charge is 0.145 e. The molecule has 0 aliphatic heterocycles. The highest BCUT2D eigenvalue weighted by molar-refractivity contribution is 6.15. The molecule has 3 heteroatoms. The van der Waals surface area contributed by atoms with Crippen molar-refractivity contribution in [2.75, 3.05) is 4.90 Å². The molecule has 0 fully saturated rings. The highest BCUT2D eigenvalue weighted by Gasteiger charge is 2.25. The molecule has 0 unspecified atom stereocenters. The van der Waals surface area contributed by atoms with Crippen LogP contribution >= 0.6 is 0 Å². The Labute approximate surface area is 341 Å². The van der Waals surface area contributed by atoms with Crippen molar-refractivity contribution in [1.82, 2.24) is 4.57 Å². The van der Waals surface area contributed by atoms with E-state index in [0.717, 1.165) is 32.1 Å². The Morgan fingerprint density at radius 3 is 1.89 bits per heavy atom. The van der Waals surface area contributed by atoms with E-state index >= 15 is 0 Å². The molecule has 0 aliphatic rings. The maximum Gasteiger partial charge on any atom is 0.145 e. The highest BCUT2D eigenvalue weighted by atomic mass is 16.3. The summed E-state index contributed by atoms with van der Waals surface area (Å²) in [4.78, 5) is 1.10. The molecule has 11 rings (SSSR count).